The lowest BCUT2D eigenvalue weighted by atomic mass is 9.96. The quantitative estimate of drug-likeness (QED) is 0.625. The average Bonchev–Trinajstić information content (AvgIpc) is 3.21. The fourth-order valence-electron chi connectivity index (χ4n) is 3.44. The molecule has 1 saturated heterocycles. The zero-order chi connectivity index (χ0) is 15.4. The smallest absolute Gasteiger partial charge is 0.278 e. The number of thiophene rings is 1. The van der Waals surface area contributed by atoms with E-state index in [1.54, 1.807) is 11.3 Å². The van der Waals surface area contributed by atoms with Crippen LogP contribution in [0.15, 0.2) is 11.4 Å². The van der Waals surface area contributed by atoms with E-state index < -0.39 is 17.8 Å². The van der Waals surface area contributed by atoms with E-state index >= 15 is 0 Å². The van der Waals surface area contributed by atoms with E-state index in [1.807, 2.05) is 0 Å². The van der Waals surface area contributed by atoms with Gasteiger partial charge in [0, 0.05) is 24.5 Å². The molecule has 1 saturated carbocycles. The number of fused-ring (bicyclic) bond motifs is 1. The summed E-state index contributed by atoms with van der Waals surface area (Å²) < 4.78 is 0. The van der Waals surface area contributed by atoms with Crippen LogP contribution in [-0.4, -0.2) is 52.8 Å². The van der Waals surface area contributed by atoms with Crippen molar-refractivity contribution in [3.8, 4) is 0 Å². The third-order valence-electron chi connectivity index (χ3n) is 4.76. The molecule has 7 heteroatoms. The molecule has 3 heterocycles. The van der Waals surface area contributed by atoms with Crippen LogP contribution < -0.4 is 0 Å². The van der Waals surface area contributed by atoms with E-state index in [-0.39, 0.29) is 12.7 Å². The predicted molar refractivity (Wildman–Crippen MR) is 80.1 cm³/mol. The Hall–Kier alpha value is -1.73. The second-order valence-corrected chi connectivity index (χ2v) is 7.17. The predicted octanol–water partition coefficient (Wildman–Crippen LogP) is 1.44. The van der Waals surface area contributed by atoms with Gasteiger partial charge in [-0.15, -0.1) is 11.3 Å². The van der Waals surface area contributed by atoms with Gasteiger partial charge in [0.1, 0.15) is 0 Å². The van der Waals surface area contributed by atoms with Crippen molar-refractivity contribution in [1.29, 1.82) is 0 Å². The van der Waals surface area contributed by atoms with Crippen LogP contribution in [0.2, 0.25) is 0 Å². The first-order valence-corrected chi connectivity index (χ1v) is 8.39. The van der Waals surface area contributed by atoms with Crippen LogP contribution >= 0.6 is 11.3 Å². The van der Waals surface area contributed by atoms with E-state index in [0.29, 0.717) is 5.92 Å². The van der Waals surface area contributed by atoms with Gasteiger partial charge in [0.15, 0.2) is 0 Å². The number of urea groups is 1. The van der Waals surface area contributed by atoms with E-state index in [1.165, 1.54) is 30.3 Å². The van der Waals surface area contributed by atoms with Crippen molar-refractivity contribution in [1.82, 2.24) is 14.7 Å². The molecule has 1 atom stereocenters. The van der Waals surface area contributed by atoms with E-state index in [0.717, 1.165) is 22.8 Å². The Morgan fingerprint density at radius 2 is 2.00 bits per heavy atom. The van der Waals surface area contributed by atoms with Crippen LogP contribution in [0.25, 0.3) is 0 Å². The number of likely N-dealkylation sites (N-methyl/N-ethyl adjacent to an activating group) is 1. The zero-order valence-corrected chi connectivity index (χ0v) is 13.1. The van der Waals surface area contributed by atoms with E-state index in [4.69, 9.17) is 0 Å². The highest BCUT2D eigenvalue weighted by Gasteiger charge is 2.46. The lowest BCUT2D eigenvalue weighted by Crippen LogP contribution is -2.46. The summed E-state index contributed by atoms with van der Waals surface area (Å²) in [4.78, 5) is 41.3. The Bertz CT molecular complexity index is 667. The highest BCUT2D eigenvalue weighted by molar-refractivity contribution is 7.10. The minimum Gasteiger partial charge on any atom is -0.278 e. The van der Waals surface area contributed by atoms with Gasteiger partial charge in [-0.1, -0.05) is 0 Å². The maximum Gasteiger partial charge on any atom is 0.335 e. The van der Waals surface area contributed by atoms with Gasteiger partial charge in [-0.25, -0.2) is 9.69 Å². The van der Waals surface area contributed by atoms with Gasteiger partial charge in [0.2, 0.25) is 0 Å². The van der Waals surface area contributed by atoms with Crippen molar-refractivity contribution < 1.29 is 14.4 Å². The van der Waals surface area contributed by atoms with Gasteiger partial charge >= 0.3 is 17.8 Å². The number of rotatable bonds is 3. The lowest BCUT2D eigenvalue weighted by Gasteiger charge is -2.37. The monoisotopic (exact) mass is 319 g/mol. The fraction of sp³-hybridized carbons (Fsp3) is 0.533. The van der Waals surface area contributed by atoms with Crippen molar-refractivity contribution >= 4 is 29.2 Å². The number of nitrogens with zero attached hydrogens (tertiary/aromatic N) is 3. The third kappa shape index (κ3) is 1.99. The van der Waals surface area contributed by atoms with Gasteiger partial charge in [-0.05, 0) is 42.2 Å². The summed E-state index contributed by atoms with van der Waals surface area (Å²) in [6.07, 6.45) is 3.32. The lowest BCUT2D eigenvalue weighted by molar-refractivity contribution is -0.143. The molecule has 0 unspecified atom stereocenters. The molecule has 0 radical (unpaired) electrons. The molecule has 116 valence electrons. The molecule has 2 aliphatic heterocycles. The maximum atomic E-state index is 12.1. The Morgan fingerprint density at radius 3 is 2.64 bits per heavy atom. The average molecular weight is 319 g/mol. The molecule has 0 N–H and O–H groups in total. The first-order valence-electron chi connectivity index (χ1n) is 7.51. The zero-order valence-electron chi connectivity index (χ0n) is 12.3. The molecular weight excluding hydrogens is 302 g/mol. The minimum atomic E-state index is -0.735. The first-order chi connectivity index (χ1) is 10.6. The molecule has 1 aromatic heterocycles. The number of carbonyl (C=O) groups is 3. The Balaban J connectivity index is 1.59. The summed E-state index contributed by atoms with van der Waals surface area (Å²) in [6, 6.07) is 1.93. The molecule has 4 amide bonds. The molecular formula is C15H17N3O3S. The normalized spacial score (nSPS) is 26.0. The minimum absolute atomic E-state index is 0.212. The van der Waals surface area contributed by atoms with Gasteiger partial charge in [-0.3, -0.25) is 19.4 Å². The standard InChI is InChI=1S/C15H17N3O3S/c1-16-13(19)14(20)18(15(16)21)8-17-6-4-11-10(5-7-22-11)12(17)9-2-3-9/h5,7,9,12H,2-4,6,8H2,1H3/t12-/m0/s1. The maximum absolute atomic E-state index is 12.1. The first kappa shape index (κ1) is 13.9. The number of amides is 4. The highest BCUT2D eigenvalue weighted by atomic mass is 32.1. The molecule has 0 bridgehead atoms. The Morgan fingerprint density at radius 1 is 1.23 bits per heavy atom. The van der Waals surface area contributed by atoms with Gasteiger partial charge in [-0.2, -0.15) is 0 Å². The molecule has 1 aromatic rings. The molecule has 22 heavy (non-hydrogen) atoms. The van der Waals surface area contributed by atoms with Gasteiger partial charge in [0.05, 0.1) is 6.67 Å². The summed E-state index contributed by atoms with van der Waals surface area (Å²) >= 11 is 1.78. The van der Waals surface area contributed by atoms with Crippen LogP contribution in [0.5, 0.6) is 0 Å². The molecule has 4 rings (SSSR count). The van der Waals surface area contributed by atoms with E-state index in [2.05, 4.69) is 16.3 Å². The molecule has 0 spiro atoms. The van der Waals surface area contributed by atoms with Crippen LogP contribution in [-0.2, 0) is 16.0 Å². The van der Waals surface area contributed by atoms with Crippen LogP contribution in [0, 0.1) is 5.92 Å². The second-order valence-electron chi connectivity index (χ2n) is 6.17. The van der Waals surface area contributed by atoms with Crippen LogP contribution in [0.4, 0.5) is 4.79 Å². The van der Waals surface area contributed by atoms with Crippen LogP contribution in [0.1, 0.15) is 29.3 Å². The van der Waals surface area contributed by atoms with Gasteiger partial charge in [0.25, 0.3) is 0 Å². The van der Waals surface area contributed by atoms with Crippen molar-refractivity contribution in [2.24, 2.45) is 5.92 Å². The molecule has 6 nitrogen and oxygen atoms in total. The van der Waals surface area contributed by atoms with Crippen LogP contribution in [0.3, 0.4) is 0 Å². The summed E-state index contributed by atoms with van der Waals surface area (Å²) in [5, 5.41) is 2.12. The number of imide groups is 2. The summed E-state index contributed by atoms with van der Waals surface area (Å²) in [5.41, 5.74) is 1.34. The fourth-order valence-corrected chi connectivity index (χ4v) is 4.35. The SMILES string of the molecule is CN1C(=O)C(=O)N(CN2CCc3sccc3[C@@H]2C2CC2)C1=O. The Kier molecular flexibility index (Phi) is 3.09. The largest absolute Gasteiger partial charge is 0.335 e. The molecule has 1 aliphatic carbocycles. The Labute approximate surface area is 132 Å². The van der Waals surface area contributed by atoms with Crippen molar-refractivity contribution in [2.45, 2.75) is 25.3 Å². The number of hydrogen-bond acceptors (Lipinski definition) is 5. The molecule has 3 aliphatic rings. The summed E-state index contributed by atoms with van der Waals surface area (Å²) in [5.74, 6) is -0.839. The summed E-state index contributed by atoms with van der Waals surface area (Å²) in [6.45, 7) is 1.04. The number of carbonyl (C=O) groups excluding carboxylic acids is 3. The second kappa shape index (κ2) is 4.89. The highest BCUT2D eigenvalue weighted by Crippen LogP contribution is 2.48. The summed E-state index contributed by atoms with van der Waals surface area (Å²) in [7, 11) is 1.36. The molecule has 0 aromatic carbocycles. The molecule has 2 fully saturated rings. The topological polar surface area (TPSA) is 60.9 Å². The van der Waals surface area contributed by atoms with Crippen molar-refractivity contribution in [3.05, 3.63) is 21.9 Å². The van der Waals surface area contributed by atoms with E-state index in [9.17, 15) is 14.4 Å². The number of hydrogen-bond donors (Lipinski definition) is 0. The third-order valence-corrected chi connectivity index (χ3v) is 5.76. The van der Waals surface area contributed by atoms with Crippen molar-refractivity contribution in [3.63, 3.8) is 0 Å². The van der Waals surface area contributed by atoms with Crippen molar-refractivity contribution in [2.75, 3.05) is 20.3 Å². The van der Waals surface area contributed by atoms with Gasteiger partial charge < -0.3 is 0 Å².